The van der Waals surface area contributed by atoms with Crippen LogP contribution in [0.3, 0.4) is 0 Å². The van der Waals surface area contributed by atoms with Gasteiger partial charge in [0.15, 0.2) is 0 Å². The van der Waals surface area contributed by atoms with E-state index in [0.29, 0.717) is 18.5 Å². The number of anilines is 1. The Hall–Kier alpha value is -2.97. The van der Waals surface area contributed by atoms with Crippen molar-refractivity contribution in [3.63, 3.8) is 0 Å². The second kappa shape index (κ2) is 11.4. The average Bonchev–Trinajstić information content (AvgIpc) is 3.63. The maximum Gasteiger partial charge on any atom is 1.00 e. The molecular weight excluding hydrogens is 507 g/mol. The summed E-state index contributed by atoms with van der Waals surface area (Å²) in [4.78, 5) is 25.0. The minimum absolute atomic E-state index is 0. The van der Waals surface area contributed by atoms with Gasteiger partial charge in [-0.25, -0.2) is 4.79 Å². The molecule has 188 valence electrons. The molecule has 3 aromatic carbocycles. The number of amides is 1. The van der Waals surface area contributed by atoms with E-state index >= 15 is 0 Å². The maximum atomic E-state index is 12.6. The molecule has 0 atom stereocenters. The van der Waals surface area contributed by atoms with Crippen LogP contribution >= 0.6 is 11.5 Å². The van der Waals surface area contributed by atoms with Crippen molar-refractivity contribution >= 4 is 29.3 Å². The van der Waals surface area contributed by atoms with Crippen molar-refractivity contribution < 1.29 is 49.0 Å². The van der Waals surface area contributed by atoms with Gasteiger partial charge in [0.2, 0.25) is 0 Å². The zero-order valence-corrected chi connectivity index (χ0v) is 24.8. The van der Waals surface area contributed by atoms with Crippen molar-refractivity contribution in [3.05, 3.63) is 94.7 Å². The fraction of sp³-hybridized carbons (Fsp3) is 0.233. The Bertz CT molecular complexity index is 1490. The molecule has 0 radical (unpaired) electrons. The molecule has 1 heterocycles. The van der Waals surface area contributed by atoms with Gasteiger partial charge in [-0.3, -0.25) is 5.32 Å². The van der Waals surface area contributed by atoms with Gasteiger partial charge in [0.05, 0.1) is 22.2 Å². The minimum Gasteiger partial charge on any atom is -0.549 e. The summed E-state index contributed by atoms with van der Waals surface area (Å²) in [7, 11) is 0. The van der Waals surface area contributed by atoms with E-state index in [-0.39, 0.29) is 36.2 Å². The molecule has 38 heavy (non-hydrogen) atoms. The number of nitrogens with one attached hydrogen (secondary N) is 1. The number of aryl methyl sites for hydroxylation is 3. The molecule has 5 rings (SSSR count). The second-order valence-corrected chi connectivity index (χ2v) is 10.3. The van der Waals surface area contributed by atoms with Crippen LogP contribution in [0.1, 0.15) is 40.8 Å². The molecule has 0 spiro atoms. The molecule has 1 saturated carbocycles. The predicted octanol–water partition coefficient (Wildman–Crippen LogP) is 2.94. The van der Waals surface area contributed by atoms with Gasteiger partial charge in [0.1, 0.15) is 6.61 Å². The number of hydrogen-bond donors (Lipinski definition) is 1. The van der Waals surface area contributed by atoms with Crippen LogP contribution in [-0.2, 0) is 21.6 Å². The van der Waals surface area contributed by atoms with Crippen LogP contribution < -0.4 is 40.0 Å². The van der Waals surface area contributed by atoms with Crippen molar-refractivity contribution in [3.8, 4) is 21.6 Å². The van der Waals surface area contributed by atoms with E-state index in [1.807, 2.05) is 81.4 Å². The van der Waals surface area contributed by atoms with Crippen LogP contribution in [0.25, 0.3) is 21.6 Å². The molecule has 0 unspecified atom stereocenters. The largest absolute Gasteiger partial charge is 1.00 e. The topological polar surface area (TPSA) is 91.3 Å². The summed E-state index contributed by atoms with van der Waals surface area (Å²) in [6.07, 6.45) is 0.741. The van der Waals surface area contributed by atoms with Crippen LogP contribution in [0.5, 0.6) is 0 Å². The van der Waals surface area contributed by atoms with Crippen molar-refractivity contribution in [2.75, 3.05) is 5.32 Å². The van der Waals surface area contributed by atoms with Gasteiger partial charge in [0.25, 0.3) is 0 Å². The molecule has 0 bridgehead atoms. The zero-order chi connectivity index (χ0) is 26.2. The molecule has 0 aliphatic heterocycles. The SMILES string of the molecule is Cc1ccccc1COC(=O)Nc1c(C)nsc1-c1ccc(-c2ccc(C3(C(=O)[O-])CC3)cc2)c(C)c1.[Na+]. The Morgan fingerprint density at radius 2 is 1.66 bits per heavy atom. The average molecular weight is 535 g/mol. The number of ether oxygens (including phenoxy) is 1. The molecule has 8 heteroatoms. The summed E-state index contributed by atoms with van der Waals surface area (Å²) in [5.41, 5.74) is 7.48. The van der Waals surface area contributed by atoms with Crippen LogP contribution in [0.15, 0.2) is 66.7 Å². The van der Waals surface area contributed by atoms with Gasteiger partial charge in [-0.1, -0.05) is 60.7 Å². The predicted molar refractivity (Wildman–Crippen MR) is 143 cm³/mol. The molecule has 1 fully saturated rings. The van der Waals surface area contributed by atoms with Crippen LogP contribution in [0.4, 0.5) is 10.5 Å². The Balaban J connectivity index is 0.00000336. The molecule has 1 N–H and O–H groups in total. The maximum absolute atomic E-state index is 12.6. The van der Waals surface area contributed by atoms with E-state index < -0.39 is 17.5 Å². The van der Waals surface area contributed by atoms with Crippen molar-refractivity contribution in [2.24, 2.45) is 0 Å². The molecule has 4 aromatic rings. The normalized spacial score (nSPS) is 13.3. The number of benzene rings is 3. The number of hydrogen-bond acceptors (Lipinski definition) is 6. The van der Waals surface area contributed by atoms with Gasteiger partial charge in [-0.05, 0) is 90.2 Å². The van der Waals surface area contributed by atoms with Crippen molar-refractivity contribution in [1.82, 2.24) is 4.37 Å². The first-order valence-corrected chi connectivity index (χ1v) is 12.9. The summed E-state index contributed by atoms with van der Waals surface area (Å²) in [6.45, 7) is 6.08. The first-order chi connectivity index (χ1) is 17.8. The van der Waals surface area contributed by atoms with E-state index in [1.54, 1.807) is 0 Å². The molecular formula is C30H27N2NaO4S. The summed E-state index contributed by atoms with van der Waals surface area (Å²) < 4.78 is 9.93. The Morgan fingerprint density at radius 1 is 0.974 bits per heavy atom. The number of aliphatic carboxylic acids is 1. The molecule has 0 saturated heterocycles. The summed E-state index contributed by atoms with van der Waals surface area (Å²) in [5.74, 6) is -0.996. The number of carboxylic acids is 1. The monoisotopic (exact) mass is 534 g/mol. The molecule has 1 aromatic heterocycles. The van der Waals surface area contributed by atoms with Gasteiger partial charge in [-0.2, -0.15) is 4.37 Å². The summed E-state index contributed by atoms with van der Waals surface area (Å²) >= 11 is 1.33. The Labute approximate surface area is 248 Å². The van der Waals surface area contributed by atoms with Crippen molar-refractivity contribution in [2.45, 2.75) is 45.6 Å². The third-order valence-electron chi connectivity index (χ3n) is 7.09. The second-order valence-electron chi connectivity index (χ2n) is 9.58. The first-order valence-electron chi connectivity index (χ1n) is 12.2. The summed E-state index contributed by atoms with van der Waals surface area (Å²) in [5, 5.41) is 14.4. The smallest absolute Gasteiger partial charge is 0.549 e. The van der Waals surface area contributed by atoms with Crippen LogP contribution in [0, 0.1) is 20.8 Å². The molecule has 1 aliphatic rings. The van der Waals surface area contributed by atoms with Crippen molar-refractivity contribution in [1.29, 1.82) is 0 Å². The fourth-order valence-corrected chi connectivity index (χ4v) is 5.44. The van der Waals surface area contributed by atoms with E-state index in [2.05, 4.69) is 15.8 Å². The number of rotatable bonds is 7. The fourth-order valence-electron chi connectivity index (χ4n) is 4.60. The van der Waals surface area contributed by atoms with Gasteiger partial charge >= 0.3 is 35.7 Å². The third-order valence-corrected chi connectivity index (χ3v) is 8.08. The van der Waals surface area contributed by atoms with E-state index in [0.717, 1.165) is 49.5 Å². The molecule has 1 amide bonds. The Morgan fingerprint density at radius 3 is 2.29 bits per heavy atom. The van der Waals surface area contributed by atoms with Gasteiger partial charge in [-0.15, -0.1) is 0 Å². The number of aromatic nitrogens is 1. The van der Waals surface area contributed by atoms with E-state index in [9.17, 15) is 14.7 Å². The standard InChI is InChI=1S/C30H28N2O4S.Na/c1-18-6-4-5-7-23(18)17-36-29(35)31-26-20(3)32-37-27(26)22-10-13-25(19(2)16-22)21-8-11-24(12-9-21)30(14-15-30)28(33)34;/h4-13,16H,14-15,17H2,1-3H3,(H,31,35)(H,33,34);/q;+1/p-1. The minimum atomic E-state index is -0.996. The van der Waals surface area contributed by atoms with Crippen LogP contribution in [0.2, 0.25) is 0 Å². The van der Waals surface area contributed by atoms with Crippen LogP contribution in [-0.4, -0.2) is 16.4 Å². The number of carbonyl (C=O) groups is 2. The zero-order valence-electron chi connectivity index (χ0n) is 22.0. The first kappa shape index (κ1) is 28.0. The van der Waals surface area contributed by atoms with E-state index in [4.69, 9.17) is 4.74 Å². The number of carboxylic acid groups (broad SMARTS) is 1. The van der Waals surface area contributed by atoms with Gasteiger partial charge < -0.3 is 14.6 Å². The third kappa shape index (κ3) is 5.57. The summed E-state index contributed by atoms with van der Waals surface area (Å²) in [6, 6.07) is 21.6. The quantitative estimate of drug-likeness (QED) is 0.368. The molecule has 1 aliphatic carbocycles. The van der Waals surface area contributed by atoms with E-state index in [1.165, 1.54) is 11.5 Å². The number of nitrogens with zero attached hydrogens (tertiary/aromatic N) is 1. The Kier molecular flexibility index (Phi) is 8.43. The molecule has 6 nitrogen and oxygen atoms in total. The number of carbonyl (C=O) groups excluding carboxylic acids is 2. The van der Waals surface area contributed by atoms with Gasteiger partial charge in [0, 0.05) is 5.41 Å².